The summed E-state index contributed by atoms with van der Waals surface area (Å²) in [4.78, 5) is 25.7. The fraction of sp³-hybridized carbons (Fsp3) is 0.467. The number of methoxy groups -OCH3 is 1. The van der Waals surface area contributed by atoms with Crippen LogP contribution in [0.15, 0.2) is 42.5 Å². The van der Waals surface area contributed by atoms with E-state index in [0.29, 0.717) is 26.1 Å². The number of hydrogen-bond donors (Lipinski definition) is 3. The maximum Gasteiger partial charge on any atom is 0.459 e. The minimum absolute atomic E-state index is 0.0350. The minimum atomic E-state index is -4.25. The van der Waals surface area contributed by atoms with Crippen molar-refractivity contribution in [2.45, 2.75) is 65.0 Å². The molecule has 46 heavy (non-hydrogen) atoms. The van der Waals surface area contributed by atoms with E-state index < -0.39 is 37.7 Å². The number of nitrogens with one attached hydrogen (secondary N) is 1. The maximum absolute atomic E-state index is 14.4. The molecule has 248 valence electrons. The van der Waals surface area contributed by atoms with Crippen molar-refractivity contribution in [3.8, 4) is 11.6 Å². The van der Waals surface area contributed by atoms with Crippen LogP contribution in [0.5, 0.6) is 11.6 Å². The Bertz CT molecular complexity index is 1790. The molecule has 0 bridgehead atoms. The van der Waals surface area contributed by atoms with Crippen LogP contribution in [-0.2, 0) is 23.4 Å². The molecule has 1 aliphatic heterocycles. The number of halogens is 1. The second-order valence-electron chi connectivity index (χ2n) is 12.6. The van der Waals surface area contributed by atoms with E-state index >= 15 is 0 Å². The number of fused-ring (bicyclic) bond motifs is 2. The van der Waals surface area contributed by atoms with E-state index in [1.165, 1.54) is 14.0 Å². The molecule has 1 aliphatic rings. The zero-order chi connectivity index (χ0) is 33.4. The number of aromatic nitrogens is 4. The number of benzene rings is 2. The first-order valence-corrected chi connectivity index (χ1v) is 17.2. The smallest absolute Gasteiger partial charge is 0.459 e. The number of nitrogens with zero attached hydrogens (tertiary/aromatic N) is 4. The maximum atomic E-state index is 14.4. The van der Waals surface area contributed by atoms with Crippen LogP contribution in [0.1, 0.15) is 47.3 Å². The van der Waals surface area contributed by atoms with Crippen LogP contribution < -0.4 is 20.1 Å². The average Bonchev–Trinajstić information content (AvgIpc) is 3.47. The molecule has 4 aromatic rings. The third-order valence-corrected chi connectivity index (χ3v) is 9.55. The lowest BCUT2D eigenvalue weighted by Crippen LogP contribution is -2.37. The molecule has 2 aromatic heterocycles. The molecule has 0 amide bonds. The first-order valence-electron chi connectivity index (χ1n) is 14.6. The number of carbonyl (C=O) groups excluding carboxylic acids is 1. The summed E-state index contributed by atoms with van der Waals surface area (Å²) in [5.74, 6) is -0.165. The van der Waals surface area contributed by atoms with Gasteiger partial charge in [0.1, 0.15) is 17.4 Å². The molecule has 2 aromatic carbocycles. The summed E-state index contributed by atoms with van der Waals surface area (Å²) < 4.78 is 45.5. The molecular formula is C30H38IN6O8P. The van der Waals surface area contributed by atoms with Crippen molar-refractivity contribution < 1.29 is 37.7 Å². The van der Waals surface area contributed by atoms with E-state index in [1.54, 1.807) is 23.6 Å². The monoisotopic (exact) mass is 768 g/mol. The summed E-state index contributed by atoms with van der Waals surface area (Å²) in [5, 5.41) is 15.8. The first-order chi connectivity index (χ1) is 21.6. The Kier molecular flexibility index (Phi) is 9.83. The fourth-order valence-corrected chi connectivity index (χ4v) is 7.31. The Balaban J connectivity index is 1.39. The van der Waals surface area contributed by atoms with Gasteiger partial charge >= 0.3 is 13.7 Å². The standard InChI is InChI=1S/C30H38IN6O8P/c1-17(25(38)42-16-29(2,3)4)36-46(40,45-21-13-9-11-18-10-7-8-12-20(18)21)43-15-19-14-30(5,39)26(44-19)37-23-22(33-27(37)31)24(41-6)35-28(32)34-23/h7-13,17,19,26,39H,14-16H2,1-6H3,(H,36,40)(H2,32,34,35)/t17-,19-,26+,30+,46?/m0/s1. The molecule has 1 unspecified atom stereocenters. The number of aliphatic hydroxyl groups is 1. The summed E-state index contributed by atoms with van der Waals surface area (Å²) in [6.07, 6.45) is -1.61. The number of esters is 1. The average molecular weight is 769 g/mol. The zero-order valence-electron chi connectivity index (χ0n) is 26.4. The largest absolute Gasteiger partial charge is 0.479 e. The molecule has 1 fully saturated rings. The van der Waals surface area contributed by atoms with Gasteiger partial charge in [0.05, 0.1) is 26.4 Å². The summed E-state index contributed by atoms with van der Waals surface area (Å²) in [7, 11) is -2.80. The number of rotatable bonds is 11. The van der Waals surface area contributed by atoms with Crippen LogP contribution in [0.2, 0.25) is 0 Å². The van der Waals surface area contributed by atoms with Crippen molar-refractivity contribution in [3.05, 3.63) is 46.3 Å². The lowest BCUT2D eigenvalue weighted by atomic mass is 9.99. The number of nitrogens with two attached hydrogens (primary N) is 1. The topological polar surface area (TPSA) is 182 Å². The number of carbonyl (C=O) groups is 1. The van der Waals surface area contributed by atoms with Gasteiger partial charge in [0, 0.05) is 34.4 Å². The van der Waals surface area contributed by atoms with E-state index in [9.17, 15) is 14.5 Å². The predicted molar refractivity (Wildman–Crippen MR) is 179 cm³/mol. The van der Waals surface area contributed by atoms with E-state index in [4.69, 9.17) is 29.0 Å². The van der Waals surface area contributed by atoms with Crippen LogP contribution in [0, 0.1) is 9.25 Å². The highest BCUT2D eigenvalue weighted by Gasteiger charge is 2.48. The second kappa shape index (κ2) is 13.2. The number of hydrogen-bond acceptors (Lipinski definition) is 12. The molecule has 0 saturated carbocycles. The number of anilines is 1. The van der Waals surface area contributed by atoms with Gasteiger partial charge in [0.25, 0.3) is 0 Å². The number of ether oxygens (including phenoxy) is 3. The highest BCUT2D eigenvalue weighted by Crippen LogP contribution is 2.49. The van der Waals surface area contributed by atoms with Gasteiger partial charge in [-0.1, -0.05) is 57.2 Å². The molecule has 16 heteroatoms. The van der Waals surface area contributed by atoms with Gasteiger partial charge < -0.3 is 29.6 Å². The summed E-state index contributed by atoms with van der Waals surface area (Å²) >= 11 is 2.00. The first kappa shape index (κ1) is 34.3. The van der Waals surface area contributed by atoms with Gasteiger partial charge in [-0.25, -0.2) is 9.55 Å². The lowest BCUT2D eigenvalue weighted by Gasteiger charge is -2.26. The van der Waals surface area contributed by atoms with Gasteiger partial charge in [-0.05, 0) is 30.7 Å². The quantitative estimate of drug-likeness (QED) is 0.0805. The van der Waals surface area contributed by atoms with Gasteiger partial charge in [0.2, 0.25) is 11.8 Å². The normalized spacial score (nSPS) is 22.1. The molecule has 1 saturated heterocycles. The molecule has 0 spiro atoms. The van der Waals surface area contributed by atoms with Crippen molar-refractivity contribution in [1.29, 1.82) is 0 Å². The number of nitrogen functional groups attached to an aromatic ring is 1. The minimum Gasteiger partial charge on any atom is -0.479 e. The second-order valence-corrected chi connectivity index (χ2v) is 15.2. The van der Waals surface area contributed by atoms with Crippen molar-refractivity contribution in [3.63, 3.8) is 0 Å². The number of imidazole rings is 1. The molecular weight excluding hydrogens is 730 g/mol. The zero-order valence-corrected chi connectivity index (χ0v) is 29.4. The van der Waals surface area contributed by atoms with E-state index in [1.807, 2.05) is 73.7 Å². The Hall–Kier alpha value is -3.08. The van der Waals surface area contributed by atoms with Crippen LogP contribution in [0.3, 0.4) is 0 Å². The van der Waals surface area contributed by atoms with Crippen LogP contribution >= 0.6 is 30.3 Å². The van der Waals surface area contributed by atoms with Crippen molar-refractivity contribution in [2.75, 3.05) is 26.1 Å². The fourth-order valence-electron chi connectivity index (χ4n) is 5.04. The van der Waals surface area contributed by atoms with Gasteiger partial charge in [-0.15, -0.1) is 0 Å². The lowest BCUT2D eigenvalue weighted by molar-refractivity contribution is -0.148. The van der Waals surface area contributed by atoms with Gasteiger partial charge in [-0.2, -0.15) is 15.1 Å². The molecule has 3 heterocycles. The summed E-state index contributed by atoms with van der Waals surface area (Å²) in [5.41, 5.74) is 4.89. The van der Waals surface area contributed by atoms with Crippen LogP contribution in [0.25, 0.3) is 21.9 Å². The third-order valence-electron chi connectivity index (χ3n) is 7.16. The molecule has 5 atom stereocenters. The van der Waals surface area contributed by atoms with Crippen LogP contribution in [-0.4, -0.2) is 68.7 Å². The van der Waals surface area contributed by atoms with E-state index in [-0.39, 0.29) is 36.9 Å². The summed E-state index contributed by atoms with van der Waals surface area (Å²) in [6.45, 7) is 8.86. The Morgan fingerprint density at radius 1 is 1.24 bits per heavy atom. The van der Waals surface area contributed by atoms with E-state index in [2.05, 4.69) is 20.0 Å². The molecule has 14 nitrogen and oxygen atoms in total. The molecule has 4 N–H and O–H groups in total. The Morgan fingerprint density at radius 3 is 2.67 bits per heavy atom. The van der Waals surface area contributed by atoms with Crippen molar-refractivity contribution >= 4 is 64.2 Å². The Labute approximate surface area is 280 Å². The highest BCUT2D eigenvalue weighted by molar-refractivity contribution is 14.1. The highest BCUT2D eigenvalue weighted by atomic mass is 127. The van der Waals surface area contributed by atoms with Crippen LogP contribution in [0.4, 0.5) is 5.95 Å². The SMILES string of the molecule is COc1nc(N)nc2c1nc(I)n2[C@@H]1O[C@H](COP(=O)(N[C@@H](C)C(=O)OCC(C)(C)C)Oc2cccc3ccccc23)C[C@@]1(C)O. The molecule has 0 radical (unpaired) electrons. The summed E-state index contributed by atoms with van der Waals surface area (Å²) in [6, 6.07) is 11.8. The predicted octanol–water partition coefficient (Wildman–Crippen LogP) is 4.98. The Morgan fingerprint density at radius 2 is 1.96 bits per heavy atom. The van der Waals surface area contributed by atoms with Gasteiger partial charge in [0.15, 0.2) is 21.2 Å². The van der Waals surface area contributed by atoms with E-state index in [0.717, 1.165) is 5.39 Å². The third kappa shape index (κ3) is 7.55. The molecule has 0 aliphatic carbocycles. The van der Waals surface area contributed by atoms with Crippen molar-refractivity contribution in [1.82, 2.24) is 24.6 Å². The van der Waals surface area contributed by atoms with Gasteiger partial charge in [-0.3, -0.25) is 13.9 Å². The van der Waals surface area contributed by atoms with Crippen molar-refractivity contribution in [2.24, 2.45) is 5.41 Å². The molecule has 5 rings (SSSR count).